The Labute approximate surface area is 114 Å². The molecule has 114 valence electrons. The van der Waals surface area contributed by atoms with Crippen LogP contribution in [0.4, 0.5) is 13.2 Å². The summed E-state index contributed by atoms with van der Waals surface area (Å²) in [5, 5.41) is 3.67. The fourth-order valence-electron chi connectivity index (χ4n) is 2.62. The van der Waals surface area contributed by atoms with Crippen molar-refractivity contribution in [3.8, 4) is 0 Å². The molecule has 3 unspecified atom stereocenters. The van der Waals surface area contributed by atoms with E-state index in [9.17, 15) is 13.2 Å². The zero-order valence-corrected chi connectivity index (χ0v) is 11.2. The molecule has 0 saturated heterocycles. The molecule has 1 aliphatic rings. The van der Waals surface area contributed by atoms with E-state index in [0.29, 0.717) is 12.8 Å². The number of aromatic nitrogens is 2. The Hall–Kier alpha value is -1.15. The largest absolute Gasteiger partial charge is 0.392 e. The minimum Gasteiger partial charge on any atom is -0.383 e. The number of ether oxygens (including phenoxy) is 1. The summed E-state index contributed by atoms with van der Waals surface area (Å²) in [7, 11) is 1.47. The van der Waals surface area contributed by atoms with Gasteiger partial charge in [0.1, 0.15) is 0 Å². The van der Waals surface area contributed by atoms with Crippen LogP contribution in [0.2, 0.25) is 0 Å². The van der Waals surface area contributed by atoms with Crippen molar-refractivity contribution < 1.29 is 22.4 Å². The van der Waals surface area contributed by atoms with Gasteiger partial charge >= 0.3 is 6.18 Å². The summed E-state index contributed by atoms with van der Waals surface area (Å²) in [5.74, 6) is -1.95. The van der Waals surface area contributed by atoms with Crippen LogP contribution < -0.4 is 5.73 Å². The van der Waals surface area contributed by atoms with E-state index in [4.69, 9.17) is 15.0 Å². The van der Waals surface area contributed by atoms with Gasteiger partial charge in [0.25, 0.3) is 0 Å². The first kappa shape index (κ1) is 15.2. The maximum absolute atomic E-state index is 13.0. The number of methoxy groups -OCH3 is 1. The highest BCUT2D eigenvalue weighted by atomic mass is 19.4. The lowest BCUT2D eigenvalue weighted by Gasteiger charge is -2.30. The summed E-state index contributed by atoms with van der Waals surface area (Å²) in [6.07, 6.45) is -2.42. The van der Waals surface area contributed by atoms with Crippen LogP contribution in [0.25, 0.3) is 0 Å². The molecular weight excluding hydrogens is 275 g/mol. The van der Waals surface area contributed by atoms with Crippen molar-refractivity contribution in [1.29, 1.82) is 0 Å². The van der Waals surface area contributed by atoms with Gasteiger partial charge in [-0.1, -0.05) is 18.0 Å². The van der Waals surface area contributed by atoms with Gasteiger partial charge in [-0.25, -0.2) is 0 Å². The quantitative estimate of drug-likeness (QED) is 0.923. The van der Waals surface area contributed by atoms with E-state index in [1.165, 1.54) is 7.11 Å². The lowest BCUT2D eigenvalue weighted by Crippen LogP contribution is -2.31. The van der Waals surface area contributed by atoms with Gasteiger partial charge in [0.2, 0.25) is 5.89 Å². The Balaban J connectivity index is 2.16. The summed E-state index contributed by atoms with van der Waals surface area (Å²) in [6.45, 7) is 0.187. The van der Waals surface area contributed by atoms with Crippen LogP contribution in [0, 0.1) is 5.92 Å². The maximum atomic E-state index is 13.0. The van der Waals surface area contributed by atoms with Crippen LogP contribution in [0.15, 0.2) is 4.52 Å². The first-order chi connectivity index (χ1) is 9.43. The summed E-state index contributed by atoms with van der Waals surface area (Å²) >= 11 is 0. The van der Waals surface area contributed by atoms with Crippen molar-refractivity contribution in [3.05, 3.63) is 11.7 Å². The first-order valence-electron chi connectivity index (χ1n) is 6.58. The Morgan fingerprint density at radius 2 is 2.10 bits per heavy atom. The van der Waals surface area contributed by atoms with E-state index >= 15 is 0 Å². The van der Waals surface area contributed by atoms with E-state index in [-0.39, 0.29) is 24.7 Å². The van der Waals surface area contributed by atoms with E-state index < -0.39 is 24.1 Å². The van der Waals surface area contributed by atoms with Gasteiger partial charge in [0.15, 0.2) is 5.82 Å². The van der Waals surface area contributed by atoms with Crippen LogP contribution >= 0.6 is 0 Å². The van der Waals surface area contributed by atoms with Crippen molar-refractivity contribution in [2.45, 2.75) is 43.8 Å². The zero-order valence-electron chi connectivity index (χ0n) is 11.2. The van der Waals surface area contributed by atoms with Gasteiger partial charge in [-0.2, -0.15) is 18.2 Å². The average Bonchev–Trinajstić information content (AvgIpc) is 2.87. The summed E-state index contributed by atoms with van der Waals surface area (Å²) in [5.41, 5.74) is 5.74. The summed E-state index contributed by atoms with van der Waals surface area (Å²) in [4.78, 5) is 4.03. The van der Waals surface area contributed by atoms with E-state index in [2.05, 4.69) is 10.1 Å². The molecule has 0 spiro atoms. The molecule has 1 heterocycles. The van der Waals surface area contributed by atoms with Crippen molar-refractivity contribution in [1.82, 2.24) is 10.1 Å². The van der Waals surface area contributed by atoms with E-state index in [0.717, 1.165) is 6.42 Å². The van der Waals surface area contributed by atoms with Gasteiger partial charge in [0, 0.05) is 13.0 Å². The maximum Gasteiger partial charge on any atom is 0.392 e. The Bertz CT molecular complexity index is 436. The molecule has 5 nitrogen and oxygen atoms in total. The Kier molecular flexibility index (Phi) is 4.64. The van der Waals surface area contributed by atoms with Gasteiger partial charge in [0.05, 0.1) is 18.6 Å². The molecule has 20 heavy (non-hydrogen) atoms. The summed E-state index contributed by atoms with van der Waals surface area (Å²) < 4.78 is 48.9. The molecule has 0 bridgehead atoms. The number of hydrogen-bond acceptors (Lipinski definition) is 5. The van der Waals surface area contributed by atoms with Crippen molar-refractivity contribution >= 4 is 0 Å². The first-order valence-corrected chi connectivity index (χ1v) is 6.58. The van der Waals surface area contributed by atoms with Gasteiger partial charge in [-0.15, -0.1) is 0 Å². The molecule has 8 heteroatoms. The molecule has 2 N–H and O–H groups in total. The van der Waals surface area contributed by atoms with Crippen LogP contribution in [0.1, 0.15) is 49.4 Å². The number of halogens is 3. The fourth-order valence-corrected chi connectivity index (χ4v) is 2.62. The number of hydrogen-bond donors (Lipinski definition) is 1. The summed E-state index contributed by atoms with van der Waals surface area (Å²) in [6, 6.07) is -0.592. The number of nitrogens with zero attached hydrogens (tertiary/aromatic N) is 2. The highest BCUT2D eigenvalue weighted by molar-refractivity contribution is 5.02. The molecule has 0 aromatic carbocycles. The molecule has 2 rings (SSSR count). The second-order valence-electron chi connectivity index (χ2n) is 5.09. The molecule has 0 amide bonds. The van der Waals surface area contributed by atoms with E-state index in [1.807, 2.05) is 0 Å². The van der Waals surface area contributed by atoms with Gasteiger partial charge < -0.3 is 15.0 Å². The molecule has 0 aliphatic heterocycles. The zero-order chi connectivity index (χ0) is 14.8. The second kappa shape index (κ2) is 6.09. The number of alkyl halides is 3. The molecule has 3 atom stereocenters. The Morgan fingerprint density at radius 1 is 1.40 bits per heavy atom. The molecule has 1 aromatic heterocycles. The van der Waals surface area contributed by atoms with Crippen LogP contribution in [0.5, 0.6) is 0 Å². The molecule has 1 fully saturated rings. The predicted molar refractivity (Wildman–Crippen MR) is 63.9 cm³/mol. The topological polar surface area (TPSA) is 74.2 Å². The standard InChI is InChI=1S/C12H18F3N3O2/c1-19-6-9(16)10-17-11(20-18-10)7-4-2-3-5-8(7)12(13,14)15/h7-9H,2-6,16H2,1H3. The second-order valence-corrected chi connectivity index (χ2v) is 5.09. The minimum atomic E-state index is -4.24. The predicted octanol–water partition coefficient (Wildman–Crippen LogP) is 2.55. The molecule has 1 aliphatic carbocycles. The van der Waals surface area contributed by atoms with Crippen molar-refractivity contribution in [2.75, 3.05) is 13.7 Å². The highest BCUT2D eigenvalue weighted by Gasteiger charge is 2.48. The normalized spacial score (nSPS) is 25.6. The molecular formula is C12H18F3N3O2. The lowest BCUT2D eigenvalue weighted by atomic mass is 9.78. The lowest BCUT2D eigenvalue weighted by molar-refractivity contribution is -0.189. The smallest absolute Gasteiger partial charge is 0.383 e. The van der Waals surface area contributed by atoms with E-state index in [1.54, 1.807) is 0 Å². The molecule has 1 aromatic rings. The third-order valence-electron chi connectivity index (χ3n) is 3.64. The van der Waals surface area contributed by atoms with Gasteiger partial charge in [-0.05, 0) is 12.8 Å². The number of nitrogens with two attached hydrogens (primary N) is 1. The fraction of sp³-hybridized carbons (Fsp3) is 0.833. The average molecular weight is 293 g/mol. The highest BCUT2D eigenvalue weighted by Crippen LogP contribution is 2.45. The SMILES string of the molecule is COCC(N)c1noc(C2CCCCC2C(F)(F)F)n1. The van der Waals surface area contributed by atoms with Crippen LogP contribution in [-0.2, 0) is 4.74 Å². The Morgan fingerprint density at radius 3 is 2.75 bits per heavy atom. The number of rotatable bonds is 4. The van der Waals surface area contributed by atoms with Gasteiger partial charge in [-0.3, -0.25) is 0 Å². The van der Waals surface area contributed by atoms with Crippen LogP contribution in [0.3, 0.4) is 0 Å². The monoisotopic (exact) mass is 293 g/mol. The van der Waals surface area contributed by atoms with Crippen molar-refractivity contribution in [3.63, 3.8) is 0 Å². The third kappa shape index (κ3) is 3.29. The van der Waals surface area contributed by atoms with Crippen LogP contribution in [-0.4, -0.2) is 30.0 Å². The third-order valence-corrected chi connectivity index (χ3v) is 3.64. The molecule has 0 radical (unpaired) electrons. The minimum absolute atomic E-state index is 0.0357. The van der Waals surface area contributed by atoms with Crippen molar-refractivity contribution in [2.24, 2.45) is 11.7 Å². The molecule has 1 saturated carbocycles.